The molecule has 0 radical (unpaired) electrons. The molecule has 0 atom stereocenters. The summed E-state index contributed by atoms with van der Waals surface area (Å²) in [6.07, 6.45) is 6.05. The van der Waals surface area contributed by atoms with Gasteiger partial charge >= 0.3 is 0 Å². The number of hydrogen-bond acceptors (Lipinski definition) is 4. The summed E-state index contributed by atoms with van der Waals surface area (Å²) in [6, 6.07) is 7.42. The molecule has 0 aliphatic carbocycles. The molecule has 0 saturated carbocycles. The Morgan fingerprint density at radius 1 is 1.03 bits per heavy atom. The van der Waals surface area contributed by atoms with E-state index in [1.54, 1.807) is 10.8 Å². The average molecular weight is 399 g/mol. The number of amides is 2. The summed E-state index contributed by atoms with van der Waals surface area (Å²) in [5.74, 6) is -1.13. The monoisotopic (exact) mass is 398 g/mol. The fraction of sp³-hybridized carbons (Fsp3) is 0.500. The van der Waals surface area contributed by atoms with Gasteiger partial charge in [0.05, 0.1) is 5.56 Å². The fourth-order valence-electron chi connectivity index (χ4n) is 3.72. The zero-order valence-corrected chi connectivity index (χ0v) is 17.3. The van der Waals surface area contributed by atoms with Crippen molar-refractivity contribution in [2.45, 2.75) is 32.2 Å². The Bertz CT molecular complexity index is 879. The molecule has 1 aromatic heterocycles. The van der Waals surface area contributed by atoms with Crippen molar-refractivity contribution in [1.82, 2.24) is 19.7 Å². The van der Waals surface area contributed by atoms with Crippen molar-refractivity contribution < 1.29 is 14.4 Å². The number of para-hydroxylation sites is 1. The number of likely N-dealkylation sites (tertiary alicyclic amines) is 1. The number of likely N-dealkylation sites (N-methyl/N-ethyl adjacent to an activating group) is 1. The Morgan fingerprint density at radius 2 is 1.72 bits per heavy atom. The summed E-state index contributed by atoms with van der Waals surface area (Å²) in [5.41, 5.74) is 1.13. The molecule has 1 aliphatic rings. The second-order valence-corrected chi connectivity index (χ2v) is 7.87. The summed E-state index contributed by atoms with van der Waals surface area (Å²) < 4.78 is 1.79. The van der Waals surface area contributed by atoms with E-state index in [0.29, 0.717) is 24.0 Å². The molecular formula is C22H30N4O3. The third kappa shape index (κ3) is 5.23. The standard InChI is InChI=1S/C22H30N4O3/c1-24(2)14-11-23-22(29)21(28)18-15-26(19-10-6-5-9-17(18)19)16-20(27)25-12-7-3-4-8-13-25/h5-6,9-10,15H,3-4,7-8,11-14,16H2,1-2H3,(H,23,29). The van der Waals surface area contributed by atoms with Crippen LogP contribution in [0.25, 0.3) is 10.9 Å². The molecule has 1 aliphatic heterocycles. The molecule has 7 nitrogen and oxygen atoms in total. The van der Waals surface area contributed by atoms with Gasteiger partial charge < -0.3 is 19.7 Å². The van der Waals surface area contributed by atoms with E-state index in [0.717, 1.165) is 44.3 Å². The van der Waals surface area contributed by atoms with Gasteiger partial charge in [0.2, 0.25) is 5.91 Å². The number of rotatable bonds is 7. The second kappa shape index (κ2) is 9.69. The number of ketones is 1. The number of fused-ring (bicyclic) bond motifs is 1. The molecule has 0 spiro atoms. The van der Waals surface area contributed by atoms with Gasteiger partial charge in [-0.1, -0.05) is 31.0 Å². The zero-order chi connectivity index (χ0) is 20.8. The van der Waals surface area contributed by atoms with Crippen LogP contribution in [0, 0.1) is 0 Å². The number of Topliss-reactive ketones (excluding diaryl/α,β-unsaturated/α-hetero) is 1. The number of nitrogens with zero attached hydrogens (tertiary/aromatic N) is 3. The quantitative estimate of drug-likeness (QED) is 0.571. The van der Waals surface area contributed by atoms with Crippen LogP contribution >= 0.6 is 0 Å². The number of nitrogens with one attached hydrogen (secondary N) is 1. The lowest BCUT2D eigenvalue weighted by molar-refractivity contribution is -0.131. The van der Waals surface area contributed by atoms with Crippen molar-refractivity contribution in [2.24, 2.45) is 0 Å². The van der Waals surface area contributed by atoms with E-state index in [1.165, 1.54) is 0 Å². The van der Waals surface area contributed by atoms with Crippen LogP contribution in [-0.4, -0.2) is 72.2 Å². The fourth-order valence-corrected chi connectivity index (χ4v) is 3.72. The Labute approximate surface area is 171 Å². The normalized spacial score (nSPS) is 14.8. The van der Waals surface area contributed by atoms with Gasteiger partial charge in [-0.2, -0.15) is 0 Å². The minimum Gasteiger partial charge on any atom is -0.348 e. The number of carbonyl (C=O) groups is 3. The largest absolute Gasteiger partial charge is 0.348 e. The summed E-state index contributed by atoms with van der Waals surface area (Å²) >= 11 is 0. The van der Waals surface area contributed by atoms with E-state index >= 15 is 0 Å². The first kappa shape index (κ1) is 21.0. The third-order valence-corrected chi connectivity index (χ3v) is 5.35. The van der Waals surface area contributed by atoms with Crippen molar-refractivity contribution in [3.8, 4) is 0 Å². The van der Waals surface area contributed by atoms with Crippen molar-refractivity contribution >= 4 is 28.5 Å². The Kier molecular flexibility index (Phi) is 7.04. The molecule has 1 aromatic carbocycles. The molecule has 2 heterocycles. The molecular weight excluding hydrogens is 368 g/mol. The predicted molar refractivity (Wildman–Crippen MR) is 113 cm³/mol. The third-order valence-electron chi connectivity index (χ3n) is 5.35. The van der Waals surface area contributed by atoms with E-state index < -0.39 is 11.7 Å². The van der Waals surface area contributed by atoms with Crippen LogP contribution in [0.2, 0.25) is 0 Å². The molecule has 1 fully saturated rings. The van der Waals surface area contributed by atoms with Crippen LogP contribution < -0.4 is 5.32 Å². The first-order valence-electron chi connectivity index (χ1n) is 10.3. The topological polar surface area (TPSA) is 74.6 Å². The highest BCUT2D eigenvalue weighted by molar-refractivity contribution is 6.45. The van der Waals surface area contributed by atoms with Gasteiger partial charge in [-0.15, -0.1) is 0 Å². The van der Waals surface area contributed by atoms with Gasteiger partial charge in [0.1, 0.15) is 6.54 Å². The molecule has 7 heteroatoms. The first-order valence-corrected chi connectivity index (χ1v) is 10.3. The lowest BCUT2D eigenvalue weighted by Gasteiger charge is -2.20. The maximum Gasteiger partial charge on any atom is 0.292 e. The van der Waals surface area contributed by atoms with E-state index in [9.17, 15) is 14.4 Å². The molecule has 1 saturated heterocycles. The SMILES string of the molecule is CN(C)CCNC(=O)C(=O)c1cn(CC(=O)N2CCCCCC2)c2ccccc12. The van der Waals surface area contributed by atoms with Gasteiger partial charge in [-0.05, 0) is 33.0 Å². The second-order valence-electron chi connectivity index (χ2n) is 7.87. The van der Waals surface area contributed by atoms with Crippen LogP contribution in [0.3, 0.4) is 0 Å². The van der Waals surface area contributed by atoms with Gasteiger partial charge in [0.25, 0.3) is 11.7 Å². The van der Waals surface area contributed by atoms with Crippen LogP contribution in [0.4, 0.5) is 0 Å². The highest BCUT2D eigenvalue weighted by atomic mass is 16.2. The van der Waals surface area contributed by atoms with Gasteiger partial charge in [-0.3, -0.25) is 14.4 Å². The zero-order valence-electron chi connectivity index (χ0n) is 17.3. The lowest BCUT2D eigenvalue weighted by Crippen LogP contribution is -2.36. The van der Waals surface area contributed by atoms with Crippen LogP contribution in [0.15, 0.2) is 30.5 Å². The van der Waals surface area contributed by atoms with Crippen molar-refractivity contribution in [1.29, 1.82) is 0 Å². The number of carbonyl (C=O) groups excluding carboxylic acids is 3. The number of hydrogen-bond donors (Lipinski definition) is 1. The number of aromatic nitrogens is 1. The molecule has 1 N–H and O–H groups in total. The molecule has 156 valence electrons. The molecule has 29 heavy (non-hydrogen) atoms. The van der Waals surface area contributed by atoms with Gasteiger partial charge in [0, 0.05) is 43.3 Å². The van der Waals surface area contributed by atoms with Crippen molar-refractivity contribution in [3.05, 3.63) is 36.0 Å². The van der Waals surface area contributed by atoms with Gasteiger partial charge in [0.15, 0.2) is 0 Å². The van der Waals surface area contributed by atoms with E-state index in [-0.39, 0.29) is 12.5 Å². The molecule has 0 unspecified atom stereocenters. The van der Waals surface area contributed by atoms with Crippen LogP contribution in [0.5, 0.6) is 0 Å². The maximum absolute atomic E-state index is 12.8. The highest BCUT2D eigenvalue weighted by Gasteiger charge is 2.23. The van der Waals surface area contributed by atoms with Crippen LogP contribution in [-0.2, 0) is 16.1 Å². The van der Waals surface area contributed by atoms with Crippen molar-refractivity contribution in [3.63, 3.8) is 0 Å². The lowest BCUT2D eigenvalue weighted by atomic mass is 10.1. The summed E-state index contributed by atoms with van der Waals surface area (Å²) in [6.45, 7) is 2.82. The minimum absolute atomic E-state index is 0.0575. The summed E-state index contributed by atoms with van der Waals surface area (Å²) in [5, 5.41) is 3.37. The van der Waals surface area contributed by atoms with Crippen molar-refractivity contribution in [2.75, 3.05) is 40.3 Å². The molecule has 2 aromatic rings. The first-order chi connectivity index (χ1) is 14.0. The minimum atomic E-state index is -0.617. The predicted octanol–water partition coefficient (Wildman–Crippen LogP) is 1.90. The maximum atomic E-state index is 12.8. The molecule has 3 rings (SSSR count). The molecule has 2 amide bonds. The average Bonchev–Trinajstić information content (AvgIpc) is 2.88. The molecule has 0 bridgehead atoms. The van der Waals surface area contributed by atoms with E-state index in [2.05, 4.69) is 5.32 Å². The summed E-state index contributed by atoms with van der Waals surface area (Å²) in [4.78, 5) is 41.7. The van der Waals surface area contributed by atoms with Gasteiger partial charge in [-0.25, -0.2) is 0 Å². The Hall–Kier alpha value is -2.67. The number of benzene rings is 1. The Morgan fingerprint density at radius 3 is 2.41 bits per heavy atom. The highest BCUT2D eigenvalue weighted by Crippen LogP contribution is 2.22. The van der Waals surface area contributed by atoms with E-state index in [1.807, 2.05) is 48.2 Å². The summed E-state index contributed by atoms with van der Waals surface area (Å²) in [7, 11) is 3.81. The Balaban J connectivity index is 1.78. The van der Waals surface area contributed by atoms with Crippen LogP contribution in [0.1, 0.15) is 36.0 Å². The smallest absolute Gasteiger partial charge is 0.292 e. The van der Waals surface area contributed by atoms with E-state index in [4.69, 9.17) is 0 Å².